The molecule has 0 fully saturated rings. The third-order valence-corrected chi connectivity index (χ3v) is 2.53. The lowest BCUT2D eigenvalue weighted by atomic mass is 10.0. The zero-order valence-electron chi connectivity index (χ0n) is 9.56. The van der Waals surface area contributed by atoms with E-state index in [1.165, 1.54) is 0 Å². The smallest absolute Gasteiger partial charge is 0.350 e. The molecule has 0 heterocycles. The number of carbonyl (C=O) groups is 1. The molecule has 0 aromatic carbocycles. The van der Waals surface area contributed by atoms with Crippen LogP contribution in [0.5, 0.6) is 0 Å². The monoisotopic (exact) mass is 233 g/mol. The molecule has 2 atom stereocenters. The molecule has 0 aliphatic heterocycles. The van der Waals surface area contributed by atoms with E-state index in [4.69, 9.17) is 22.3 Å². The number of hydrogen-bond donors (Lipinski definition) is 5. The number of hydrogen-bond acceptors (Lipinski definition) is 5. The van der Waals surface area contributed by atoms with Crippen LogP contribution in [0.4, 0.5) is 0 Å². The molecule has 0 amide bonds. The van der Waals surface area contributed by atoms with Crippen molar-refractivity contribution in [2.75, 3.05) is 6.54 Å². The van der Waals surface area contributed by atoms with Gasteiger partial charge in [0.15, 0.2) is 0 Å². The van der Waals surface area contributed by atoms with Gasteiger partial charge in [-0.2, -0.15) is 0 Å². The molecular formula is C10H23N3O3. The fourth-order valence-electron chi connectivity index (χ4n) is 1.43. The maximum atomic E-state index is 10.5. The highest BCUT2D eigenvalue weighted by atomic mass is 16.4. The van der Waals surface area contributed by atoms with Gasteiger partial charge >= 0.3 is 5.97 Å². The number of rotatable bonds is 9. The average Bonchev–Trinajstić information content (AvgIpc) is 2.21. The topological polar surface area (TPSA) is 136 Å². The summed E-state index contributed by atoms with van der Waals surface area (Å²) in [6.45, 7) is 0.634. The van der Waals surface area contributed by atoms with E-state index in [2.05, 4.69) is 0 Å². The van der Waals surface area contributed by atoms with Crippen LogP contribution in [0.1, 0.15) is 38.5 Å². The minimum Gasteiger partial charge on any atom is -0.478 e. The van der Waals surface area contributed by atoms with Crippen molar-refractivity contribution in [3.8, 4) is 0 Å². The molecule has 6 nitrogen and oxygen atoms in total. The SMILES string of the molecule is NCCCC(N)CCCCC(N)(O)C(=O)O. The summed E-state index contributed by atoms with van der Waals surface area (Å²) in [5.41, 5.74) is 14.2. The Labute approximate surface area is 95.8 Å². The number of carboxylic acid groups (broad SMARTS) is 1. The molecule has 0 radical (unpaired) electrons. The van der Waals surface area contributed by atoms with Crippen molar-refractivity contribution in [3.63, 3.8) is 0 Å². The van der Waals surface area contributed by atoms with Crippen LogP contribution in [0.2, 0.25) is 0 Å². The van der Waals surface area contributed by atoms with Gasteiger partial charge in [-0.05, 0) is 32.2 Å². The molecule has 8 N–H and O–H groups in total. The lowest BCUT2D eigenvalue weighted by molar-refractivity contribution is -0.158. The van der Waals surface area contributed by atoms with Gasteiger partial charge in [-0.3, -0.25) is 5.73 Å². The highest BCUT2D eigenvalue weighted by Gasteiger charge is 2.29. The predicted octanol–water partition coefficient (Wildman–Crippen LogP) is -0.655. The van der Waals surface area contributed by atoms with Crippen molar-refractivity contribution >= 4 is 5.97 Å². The lowest BCUT2D eigenvalue weighted by Gasteiger charge is -2.17. The molecule has 16 heavy (non-hydrogen) atoms. The van der Waals surface area contributed by atoms with E-state index < -0.39 is 11.7 Å². The molecular weight excluding hydrogens is 210 g/mol. The molecule has 0 saturated heterocycles. The fraction of sp³-hybridized carbons (Fsp3) is 0.900. The first-order chi connectivity index (χ1) is 7.40. The van der Waals surface area contributed by atoms with Gasteiger partial charge in [-0.1, -0.05) is 6.42 Å². The summed E-state index contributed by atoms with van der Waals surface area (Å²) in [6.07, 6.45) is 3.94. The van der Waals surface area contributed by atoms with E-state index in [0.717, 1.165) is 25.7 Å². The van der Waals surface area contributed by atoms with Crippen LogP contribution in [0, 0.1) is 0 Å². The number of unbranched alkanes of at least 4 members (excludes halogenated alkanes) is 1. The summed E-state index contributed by atoms with van der Waals surface area (Å²) < 4.78 is 0. The molecule has 96 valence electrons. The molecule has 0 aromatic rings. The summed E-state index contributed by atoms with van der Waals surface area (Å²) in [5.74, 6) is -1.39. The average molecular weight is 233 g/mol. The van der Waals surface area contributed by atoms with Crippen LogP contribution < -0.4 is 17.2 Å². The van der Waals surface area contributed by atoms with Crippen LogP contribution in [0.15, 0.2) is 0 Å². The molecule has 0 aromatic heterocycles. The largest absolute Gasteiger partial charge is 0.478 e. The number of carboxylic acids is 1. The Bertz CT molecular complexity index is 209. The lowest BCUT2D eigenvalue weighted by Crippen LogP contribution is -2.47. The quantitative estimate of drug-likeness (QED) is 0.265. The highest BCUT2D eigenvalue weighted by Crippen LogP contribution is 2.12. The van der Waals surface area contributed by atoms with Crippen molar-refractivity contribution in [3.05, 3.63) is 0 Å². The maximum absolute atomic E-state index is 10.5. The van der Waals surface area contributed by atoms with Gasteiger partial charge < -0.3 is 21.7 Å². The van der Waals surface area contributed by atoms with Crippen molar-refractivity contribution in [1.82, 2.24) is 0 Å². The Morgan fingerprint density at radius 3 is 2.31 bits per heavy atom. The Morgan fingerprint density at radius 2 is 1.81 bits per heavy atom. The molecule has 0 spiro atoms. The van der Waals surface area contributed by atoms with E-state index in [1.807, 2.05) is 0 Å². The Morgan fingerprint density at radius 1 is 1.25 bits per heavy atom. The summed E-state index contributed by atoms with van der Waals surface area (Å²) in [6, 6.07) is 0.0965. The second-order valence-corrected chi connectivity index (χ2v) is 4.17. The van der Waals surface area contributed by atoms with Crippen LogP contribution >= 0.6 is 0 Å². The standard InChI is InChI=1S/C10H23N3O3/c11-7-3-5-8(12)4-1-2-6-10(13,16)9(14)15/h8,16H,1-7,11-13H2,(H,14,15). The molecule has 0 aliphatic carbocycles. The van der Waals surface area contributed by atoms with E-state index in [-0.39, 0.29) is 12.5 Å². The highest BCUT2D eigenvalue weighted by molar-refractivity contribution is 5.75. The zero-order chi connectivity index (χ0) is 12.6. The number of aliphatic hydroxyl groups is 1. The first-order valence-corrected chi connectivity index (χ1v) is 5.60. The summed E-state index contributed by atoms with van der Waals surface area (Å²) >= 11 is 0. The summed E-state index contributed by atoms with van der Waals surface area (Å²) in [4.78, 5) is 10.5. The molecule has 0 rings (SSSR count). The van der Waals surface area contributed by atoms with Gasteiger partial charge in [0.05, 0.1) is 0 Å². The maximum Gasteiger partial charge on any atom is 0.350 e. The Balaban J connectivity index is 3.56. The van der Waals surface area contributed by atoms with Crippen molar-refractivity contribution < 1.29 is 15.0 Å². The fourth-order valence-corrected chi connectivity index (χ4v) is 1.43. The molecule has 2 unspecified atom stereocenters. The first kappa shape index (κ1) is 15.3. The van der Waals surface area contributed by atoms with Crippen molar-refractivity contribution in [1.29, 1.82) is 0 Å². The zero-order valence-corrected chi connectivity index (χ0v) is 9.56. The summed E-state index contributed by atoms with van der Waals surface area (Å²) in [7, 11) is 0. The van der Waals surface area contributed by atoms with Gasteiger partial charge in [0.1, 0.15) is 0 Å². The van der Waals surface area contributed by atoms with E-state index in [1.54, 1.807) is 0 Å². The molecule has 0 aliphatic rings. The Hall–Kier alpha value is -0.690. The van der Waals surface area contributed by atoms with Crippen LogP contribution in [-0.2, 0) is 4.79 Å². The van der Waals surface area contributed by atoms with Gasteiger partial charge in [0, 0.05) is 12.5 Å². The normalized spacial score (nSPS) is 16.8. The minimum atomic E-state index is -2.11. The summed E-state index contributed by atoms with van der Waals surface area (Å²) in [5, 5.41) is 17.8. The number of aliphatic carboxylic acids is 1. The molecule has 0 bridgehead atoms. The third kappa shape index (κ3) is 6.73. The van der Waals surface area contributed by atoms with E-state index in [0.29, 0.717) is 13.0 Å². The van der Waals surface area contributed by atoms with E-state index in [9.17, 15) is 9.90 Å². The van der Waals surface area contributed by atoms with Crippen LogP contribution in [-0.4, -0.2) is 34.5 Å². The van der Waals surface area contributed by atoms with Crippen molar-refractivity contribution in [2.45, 2.75) is 50.3 Å². The second-order valence-electron chi connectivity index (χ2n) is 4.17. The second kappa shape index (κ2) is 7.56. The van der Waals surface area contributed by atoms with Crippen LogP contribution in [0.25, 0.3) is 0 Å². The van der Waals surface area contributed by atoms with Crippen molar-refractivity contribution in [2.24, 2.45) is 17.2 Å². The molecule has 0 saturated carbocycles. The first-order valence-electron chi connectivity index (χ1n) is 5.60. The van der Waals surface area contributed by atoms with E-state index >= 15 is 0 Å². The number of nitrogens with two attached hydrogens (primary N) is 3. The van der Waals surface area contributed by atoms with Gasteiger partial charge in [0.25, 0.3) is 0 Å². The predicted molar refractivity (Wildman–Crippen MR) is 61.5 cm³/mol. The van der Waals surface area contributed by atoms with Gasteiger partial charge in [0.2, 0.25) is 5.72 Å². The van der Waals surface area contributed by atoms with Crippen LogP contribution in [0.3, 0.4) is 0 Å². The molecule has 6 heteroatoms. The third-order valence-electron chi connectivity index (χ3n) is 2.53. The van der Waals surface area contributed by atoms with Gasteiger partial charge in [-0.25, -0.2) is 4.79 Å². The van der Waals surface area contributed by atoms with Gasteiger partial charge in [-0.15, -0.1) is 0 Å². The Kier molecular flexibility index (Phi) is 7.24. The minimum absolute atomic E-state index is 0.0476.